The van der Waals surface area contributed by atoms with Crippen molar-refractivity contribution in [3.8, 4) is 0 Å². The molecule has 0 amide bonds. The van der Waals surface area contributed by atoms with Gasteiger partial charge in [0.05, 0.1) is 36.0 Å². The highest BCUT2D eigenvalue weighted by atomic mass is 35.5. The van der Waals surface area contributed by atoms with Gasteiger partial charge in [-0.1, -0.05) is 23.7 Å². The Morgan fingerprint density at radius 2 is 2.32 bits per heavy atom. The monoisotopic (exact) mass is 278 g/mol. The van der Waals surface area contributed by atoms with Crippen LogP contribution in [0.4, 0.5) is 0 Å². The van der Waals surface area contributed by atoms with Gasteiger partial charge in [-0.05, 0) is 11.6 Å². The highest BCUT2D eigenvalue weighted by Crippen LogP contribution is 2.22. The summed E-state index contributed by atoms with van der Waals surface area (Å²) in [5, 5.41) is 4.36. The minimum Gasteiger partial charge on any atom is -0.465 e. The predicted octanol–water partition coefficient (Wildman–Crippen LogP) is 2.18. The summed E-state index contributed by atoms with van der Waals surface area (Å²) in [5.41, 5.74) is 1.52. The molecule has 0 unspecified atom stereocenters. The summed E-state index contributed by atoms with van der Waals surface area (Å²) in [4.78, 5) is 22.1. The zero-order valence-electron chi connectivity index (χ0n) is 10.2. The van der Waals surface area contributed by atoms with Crippen LogP contribution >= 0.6 is 11.6 Å². The first-order valence-corrected chi connectivity index (χ1v) is 5.87. The van der Waals surface area contributed by atoms with Crippen LogP contribution in [0.5, 0.6) is 0 Å². The molecule has 2 rings (SSSR count). The van der Waals surface area contributed by atoms with E-state index in [1.165, 1.54) is 13.3 Å². The molecule has 0 saturated carbocycles. The molecule has 0 aliphatic carbocycles. The van der Waals surface area contributed by atoms with E-state index < -0.39 is 5.97 Å². The van der Waals surface area contributed by atoms with Gasteiger partial charge >= 0.3 is 5.97 Å². The van der Waals surface area contributed by atoms with Crippen LogP contribution < -0.4 is 0 Å². The molecule has 0 N–H and O–H groups in total. The van der Waals surface area contributed by atoms with E-state index in [0.29, 0.717) is 22.7 Å². The van der Waals surface area contributed by atoms with E-state index in [-0.39, 0.29) is 0 Å². The number of nitrogens with zero attached hydrogens (tertiary/aromatic N) is 2. The predicted molar refractivity (Wildman–Crippen MR) is 69.5 cm³/mol. The lowest BCUT2D eigenvalue weighted by Crippen LogP contribution is -2.06. The Hall–Kier alpha value is -2.14. The molecule has 1 heterocycles. The SMILES string of the molecule is COC(=O)c1cccc(Cn2cc(C=O)cn2)c1Cl. The molecule has 1 aromatic carbocycles. The number of carbonyl (C=O) groups is 2. The quantitative estimate of drug-likeness (QED) is 0.635. The molecule has 5 nitrogen and oxygen atoms in total. The van der Waals surface area contributed by atoms with Crippen molar-refractivity contribution in [3.63, 3.8) is 0 Å². The van der Waals surface area contributed by atoms with Crippen LogP contribution in [0, 0.1) is 0 Å². The normalized spacial score (nSPS) is 10.2. The summed E-state index contributed by atoms with van der Waals surface area (Å²) in [6, 6.07) is 5.10. The number of carbonyl (C=O) groups excluding carboxylic acids is 2. The van der Waals surface area contributed by atoms with Crippen LogP contribution in [-0.4, -0.2) is 29.1 Å². The zero-order chi connectivity index (χ0) is 13.8. The van der Waals surface area contributed by atoms with Gasteiger partial charge < -0.3 is 4.74 Å². The first kappa shape index (κ1) is 13.3. The van der Waals surface area contributed by atoms with Crippen molar-refractivity contribution in [3.05, 3.63) is 52.3 Å². The molecular weight excluding hydrogens is 268 g/mol. The number of benzene rings is 1. The van der Waals surface area contributed by atoms with E-state index in [4.69, 9.17) is 11.6 Å². The second kappa shape index (κ2) is 5.67. The van der Waals surface area contributed by atoms with Gasteiger partial charge in [-0.15, -0.1) is 0 Å². The van der Waals surface area contributed by atoms with Gasteiger partial charge in [0, 0.05) is 6.20 Å². The Bertz CT molecular complexity index is 622. The maximum Gasteiger partial charge on any atom is 0.339 e. The average molecular weight is 279 g/mol. The standard InChI is InChI=1S/C13H11ClN2O3/c1-19-13(18)11-4-2-3-10(12(11)14)7-16-6-9(8-17)5-15-16/h2-6,8H,7H2,1H3. The fraction of sp³-hybridized carbons (Fsp3) is 0.154. The number of methoxy groups -OCH3 is 1. The minimum absolute atomic E-state index is 0.310. The lowest BCUT2D eigenvalue weighted by atomic mass is 10.1. The molecule has 0 spiro atoms. The third-order valence-electron chi connectivity index (χ3n) is 2.61. The molecule has 0 aliphatic heterocycles. The van der Waals surface area contributed by atoms with Crippen LogP contribution in [0.15, 0.2) is 30.6 Å². The Balaban J connectivity index is 2.30. The third kappa shape index (κ3) is 2.82. The number of ether oxygens (including phenoxy) is 1. The van der Waals surface area contributed by atoms with Crippen molar-refractivity contribution in [2.45, 2.75) is 6.54 Å². The number of hydrogen-bond acceptors (Lipinski definition) is 4. The van der Waals surface area contributed by atoms with E-state index in [1.54, 1.807) is 29.1 Å². The van der Waals surface area contributed by atoms with Crippen LogP contribution in [0.2, 0.25) is 5.02 Å². The van der Waals surface area contributed by atoms with Gasteiger partial charge in [-0.25, -0.2) is 4.79 Å². The fourth-order valence-electron chi connectivity index (χ4n) is 1.67. The fourth-order valence-corrected chi connectivity index (χ4v) is 1.93. The molecule has 1 aromatic heterocycles. The number of aromatic nitrogens is 2. The summed E-state index contributed by atoms with van der Waals surface area (Å²) in [6.45, 7) is 0.373. The van der Waals surface area contributed by atoms with Crippen molar-refractivity contribution >= 4 is 23.9 Å². The number of halogens is 1. The maximum absolute atomic E-state index is 11.5. The van der Waals surface area contributed by atoms with E-state index in [1.807, 2.05) is 0 Å². The summed E-state index contributed by atoms with van der Waals surface area (Å²) >= 11 is 6.16. The van der Waals surface area contributed by atoms with Crippen LogP contribution in [0.25, 0.3) is 0 Å². The molecule has 0 aliphatic rings. The van der Waals surface area contributed by atoms with Gasteiger partial charge in [0.15, 0.2) is 6.29 Å². The maximum atomic E-state index is 11.5. The molecule has 2 aromatic rings. The van der Waals surface area contributed by atoms with Crippen molar-refractivity contribution in [1.29, 1.82) is 0 Å². The Kier molecular flexibility index (Phi) is 3.97. The minimum atomic E-state index is -0.485. The molecule has 0 radical (unpaired) electrons. The van der Waals surface area contributed by atoms with Crippen LogP contribution in [0.3, 0.4) is 0 Å². The first-order valence-electron chi connectivity index (χ1n) is 5.49. The Morgan fingerprint density at radius 3 is 2.95 bits per heavy atom. The summed E-state index contributed by atoms with van der Waals surface area (Å²) in [7, 11) is 1.30. The smallest absolute Gasteiger partial charge is 0.339 e. The van der Waals surface area contributed by atoms with Crippen LogP contribution in [-0.2, 0) is 11.3 Å². The van der Waals surface area contributed by atoms with Crippen molar-refractivity contribution < 1.29 is 14.3 Å². The van der Waals surface area contributed by atoms with E-state index in [0.717, 1.165) is 11.8 Å². The summed E-state index contributed by atoms with van der Waals surface area (Å²) in [6.07, 6.45) is 3.79. The highest BCUT2D eigenvalue weighted by molar-refractivity contribution is 6.34. The van der Waals surface area contributed by atoms with Crippen molar-refractivity contribution in [1.82, 2.24) is 9.78 Å². The van der Waals surface area contributed by atoms with Gasteiger partial charge in [-0.3, -0.25) is 9.48 Å². The number of aldehydes is 1. The van der Waals surface area contributed by atoms with Crippen LogP contribution in [0.1, 0.15) is 26.3 Å². The van der Waals surface area contributed by atoms with Gasteiger partial charge in [0.1, 0.15) is 0 Å². The molecule has 19 heavy (non-hydrogen) atoms. The molecule has 6 heteroatoms. The molecule has 0 fully saturated rings. The van der Waals surface area contributed by atoms with Gasteiger partial charge in [0.25, 0.3) is 0 Å². The second-order valence-corrected chi connectivity index (χ2v) is 4.24. The molecule has 98 valence electrons. The summed E-state index contributed by atoms with van der Waals surface area (Å²) in [5.74, 6) is -0.485. The highest BCUT2D eigenvalue weighted by Gasteiger charge is 2.13. The second-order valence-electron chi connectivity index (χ2n) is 3.86. The molecular formula is C13H11ClN2O3. The Morgan fingerprint density at radius 1 is 1.53 bits per heavy atom. The lowest BCUT2D eigenvalue weighted by Gasteiger charge is -2.08. The molecule has 0 saturated heterocycles. The largest absolute Gasteiger partial charge is 0.465 e. The third-order valence-corrected chi connectivity index (χ3v) is 3.05. The number of esters is 1. The molecule has 0 atom stereocenters. The average Bonchev–Trinajstić information content (AvgIpc) is 2.88. The zero-order valence-corrected chi connectivity index (χ0v) is 10.9. The van der Waals surface area contributed by atoms with Crippen molar-refractivity contribution in [2.24, 2.45) is 0 Å². The van der Waals surface area contributed by atoms with E-state index in [9.17, 15) is 9.59 Å². The van der Waals surface area contributed by atoms with E-state index >= 15 is 0 Å². The first-order chi connectivity index (χ1) is 9.15. The van der Waals surface area contributed by atoms with Crippen molar-refractivity contribution in [2.75, 3.05) is 7.11 Å². The van der Waals surface area contributed by atoms with E-state index in [2.05, 4.69) is 9.84 Å². The topological polar surface area (TPSA) is 61.2 Å². The lowest BCUT2D eigenvalue weighted by molar-refractivity contribution is 0.0600. The van der Waals surface area contributed by atoms with Gasteiger partial charge in [-0.2, -0.15) is 5.10 Å². The molecule has 0 bridgehead atoms. The Labute approximate surface area is 114 Å². The number of hydrogen-bond donors (Lipinski definition) is 0. The number of rotatable bonds is 4. The van der Waals surface area contributed by atoms with Gasteiger partial charge in [0.2, 0.25) is 0 Å². The summed E-state index contributed by atoms with van der Waals surface area (Å²) < 4.78 is 6.23.